The van der Waals surface area contributed by atoms with E-state index in [0.29, 0.717) is 18.5 Å². The van der Waals surface area contributed by atoms with Crippen LogP contribution in [0.3, 0.4) is 0 Å². The van der Waals surface area contributed by atoms with Gasteiger partial charge in [-0.2, -0.15) is 4.39 Å². The minimum Gasteiger partial charge on any atom is -0.505 e. The third-order valence-corrected chi connectivity index (χ3v) is 3.17. The minimum atomic E-state index is -0.872. The number of aromatic hydroxyl groups is 1. The molecular formula is C12H14FNO4. The Labute approximate surface area is 103 Å². The van der Waals surface area contributed by atoms with Crippen molar-refractivity contribution in [1.82, 2.24) is 5.32 Å². The molecule has 18 heavy (non-hydrogen) atoms. The van der Waals surface area contributed by atoms with Crippen LogP contribution >= 0.6 is 0 Å². The van der Waals surface area contributed by atoms with Gasteiger partial charge in [-0.15, -0.1) is 0 Å². The van der Waals surface area contributed by atoms with Gasteiger partial charge in [0.1, 0.15) is 0 Å². The molecule has 2 rings (SSSR count). The summed E-state index contributed by atoms with van der Waals surface area (Å²) in [5.41, 5.74) is 0.525. The lowest BCUT2D eigenvalue weighted by atomic mass is 9.99. The lowest BCUT2D eigenvalue weighted by Gasteiger charge is -2.16. The predicted molar refractivity (Wildman–Crippen MR) is 61.1 cm³/mol. The van der Waals surface area contributed by atoms with Crippen molar-refractivity contribution in [3.63, 3.8) is 0 Å². The number of nitrogens with one attached hydrogen (secondary N) is 1. The van der Waals surface area contributed by atoms with Crippen molar-refractivity contribution >= 4 is 5.97 Å². The molecule has 0 radical (unpaired) electrons. The lowest BCUT2D eigenvalue weighted by molar-refractivity contribution is -0.141. The highest BCUT2D eigenvalue weighted by Crippen LogP contribution is 2.37. The Kier molecular flexibility index (Phi) is 3.38. The zero-order valence-corrected chi connectivity index (χ0v) is 9.81. The number of phenols is 1. The highest BCUT2D eigenvalue weighted by atomic mass is 19.1. The molecule has 0 spiro atoms. The molecule has 0 amide bonds. The molecule has 6 heteroatoms. The zero-order valence-electron chi connectivity index (χ0n) is 9.81. The highest BCUT2D eigenvalue weighted by Gasteiger charge is 2.32. The summed E-state index contributed by atoms with van der Waals surface area (Å²) in [6, 6.07) is 2.50. The van der Waals surface area contributed by atoms with Gasteiger partial charge in [0, 0.05) is 18.2 Å². The SMILES string of the molecule is COc1c(C2CC(C(=O)O)CN2)ccc(O)c1F. The fraction of sp³-hybridized carbons (Fsp3) is 0.417. The van der Waals surface area contributed by atoms with Crippen LogP contribution in [-0.2, 0) is 4.79 Å². The molecule has 1 aromatic carbocycles. The van der Waals surface area contributed by atoms with Gasteiger partial charge in [-0.05, 0) is 18.6 Å². The number of hydrogen-bond donors (Lipinski definition) is 3. The minimum absolute atomic E-state index is 0.0430. The van der Waals surface area contributed by atoms with E-state index >= 15 is 0 Å². The van der Waals surface area contributed by atoms with Crippen LogP contribution in [0, 0.1) is 11.7 Å². The smallest absolute Gasteiger partial charge is 0.307 e. The monoisotopic (exact) mass is 255 g/mol. The summed E-state index contributed by atoms with van der Waals surface area (Å²) in [5, 5.41) is 21.2. The van der Waals surface area contributed by atoms with Gasteiger partial charge in [0.2, 0.25) is 5.82 Å². The first kappa shape index (κ1) is 12.6. The van der Waals surface area contributed by atoms with E-state index < -0.39 is 23.5 Å². The number of rotatable bonds is 3. The van der Waals surface area contributed by atoms with Crippen LogP contribution in [0.5, 0.6) is 11.5 Å². The van der Waals surface area contributed by atoms with Gasteiger partial charge >= 0.3 is 5.97 Å². The fourth-order valence-corrected chi connectivity index (χ4v) is 2.20. The molecule has 0 bridgehead atoms. The van der Waals surface area contributed by atoms with Gasteiger partial charge < -0.3 is 20.3 Å². The first-order valence-corrected chi connectivity index (χ1v) is 5.56. The number of carbonyl (C=O) groups is 1. The molecule has 1 heterocycles. The third-order valence-electron chi connectivity index (χ3n) is 3.17. The van der Waals surface area contributed by atoms with Gasteiger partial charge in [0.15, 0.2) is 11.5 Å². The summed E-state index contributed by atoms with van der Waals surface area (Å²) >= 11 is 0. The van der Waals surface area contributed by atoms with E-state index in [9.17, 15) is 14.3 Å². The lowest BCUT2D eigenvalue weighted by Crippen LogP contribution is -2.17. The highest BCUT2D eigenvalue weighted by molar-refractivity contribution is 5.71. The second-order valence-electron chi connectivity index (χ2n) is 4.25. The van der Waals surface area contributed by atoms with Crippen molar-refractivity contribution in [3.05, 3.63) is 23.5 Å². The number of benzene rings is 1. The summed E-state index contributed by atoms with van der Waals surface area (Å²) in [5.74, 6) is -2.71. The second-order valence-corrected chi connectivity index (χ2v) is 4.25. The molecule has 1 aliphatic heterocycles. The van der Waals surface area contributed by atoms with Crippen LogP contribution < -0.4 is 10.1 Å². The first-order valence-electron chi connectivity index (χ1n) is 5.56. The Hall–Kier alpha value is -1.82. The average molecular weight is 255 g/mol. The van der Waals surface area contributed by atoms with Crippen molar-refractivity contribution < 1.29 is 24.1 Å². The van der Waals surface area contributed by atoms with Crippen LogP contribution in [0.25, 0.3) is 0 Å². The Balaban J connectivity index is 2.30. The second kappa shape index (κ2) is 4.81. The summed E-state index contributed by atoms with van der Waals surface area (Å²) in [7, 11) is 1.31. The molecule has 0 aromatic heterocycles. The van der Waals surface area contributed by atoms with Crippen molar-refractivity contribution in [1.29, 1.82) is 0 Å². The maximum Gasteiger partial charge on any atom is 0.307 e. The quantitative estimate of drug-likeness (QED) is 0.758. The Morgan fingerprint density at radius 3 is 2.83 bits per heavy atom. The molecule has 2 atom stereocenters. The van der Waals surface area contributed by atoms with Crippen LogP contribution in [0.1, 0.15) is 18.0 Å². The summed E-state index contributed by atoms with van der Waals surface area (Å²) in [4.78, 5) is 10.9. The van der Waals surface area contributed by atoms with Crippen LogP contribution in [0.15, 0.2) is 12.1 Å². The molecule has 1 saturated heterocycles. The molecule has 1 aliphatic rings. The number of phenolic OH excluding ortho intramolecular Hbond substituents is 1. The van der Waals surface area contributed by atoms with Crippen LogP contribution in [0.4, 0.5) is 4.39 Å². The Morgan fingerprint density at radius 2 is 2.28 bits per heavy atom. The molecule has 3 N–H and O–H groups in total. The largest absolute Gasteiger partial charge is 0.505 e. The van der Waals surface area contributed by atoms with Crippen LogP contribution in [0.2, 0.25) is 0 Å². The standard InChI is InChI=1S/C12H14FNO4/c1-18-11-7(2-3-9(15)10(11)13)8-4-6(5-14-8)12(16)17/h2-3,6,8,14-15H,4-5H2,1H3,(H,16,17). The van der Waals surface area contributed by atoms with Crippen molar-refractivity contribution in [2.75, 3.05) is 13.7 Å². The molecule has 1 aromatic rings. The Bertz CT molecular complexity index is 477. The van der Waals surface area contributed by atoms with Gasteiger partial charge in [-0.1, -0.05) is 0 Å². The van der Waals surface area contributed by atoms with E-state index in [1.54, 1.807) is 6.07 Å². The molecule has 0 saturated carbocycles. The maximum absolute atomic E-state index is 13.7. The molecule has 1 fully saturated rings. The number of aliphatic carboxylic acids is 1. The summed E-state index contributed by atoms with van der Waals surface area (Å²) in [6.45, 7) is 0.339. The average Bonchev–Trinajstić information content (AvgIpc) is 2.82. The topological polar surface area (TPSA) is 78.8 Å². The first-order chi connectivity index (χ1) is 8.54. The zero-order chi connectivity index (χ0) is 13.3. The van der Waals surface area contributed by atoms with E-state index in [1.807, 2.05) is 0 Å². The van der Waals surface area contributed by atoms with E-state index in [0.717, 1.165) is 0 Å². The number of halogens is 1. The predicted octanol–water partition coefficient (Wildman–Crippen LogP) is 1.28. The number of ether oxygens (including phenoxy) is 1. The fourth-order valence-electron chi connectivity index (χ4n) is 2.20. The maximum atomic E-state index is 13.7. The molecule has 5 nitrogen and oxygen atoms in total. The molecule has 98 valence electrons. The summed E-state index contributed by atoms with van der Waals surface area (Å²) in [6.07, 6.45) is 0.371. The van der Waals surface area contributed by atoms with E-state index in [-0.39, 0.29) is 11.8 Å². The van der Waals surface area contributed by atoms with Gasteiger partial charge in [0.05, 0.1) is 13.0 Å². The number of hydrogen-bond acceptors (Lipinski definition) is 4. The molecule has 0 aliphatic carbocycles. The third kappa shape index (κ3) is 2.11. The van der Waals surface area contributed by atoms with Gasteiger partial charge in [0.25, 0.3) is 0 Å². The van der Waals surface area contributed by atoms with Gasteiger partial charge in [-0.3, -0.25) is 4.79 Å². The van der Waals surface area contributed by atoms with Crippen molar-refractivity contribution in [2.45, 2.75) is 12.5 Å². The van der Waals surface area contributed by atoms with Crippen LogP contribution in [-0.4, -0.2) is 29.8 Å². The number of methoxy groups -OCH3 is 1. The van der Waals surface area contributed by atoms with E-state index in [4.69, 9.17) is 9.84 Å². The number of carboxylic acid groups (broad SMARTS) is 1. The van der Waals surface area contributed by atoms with Crippen molar-refractivity contribution in [2.24, 2.45) is 5.92 Å². The summed E-state index contributed by atoms with van der Waals surface area (Å²) < 4.78 is 18.6. The Morgan fingerprint density at radius 1 is 1.56 bits per heavy atom. The van der Waals surface area contributed by atoms with Crippen molar-refractivity contribution in [3.8, 4) is 11.5 Å². The molecule has 2 unspecified atom stereocenters. The van der Waals surface area contributed by atoms with E-state index in [2.05, 4.69) is 5.32 Å². The number of carboxylic acids is 1. The normalized spacial score (nSPS) is 23.0. The van der Waals surface area contributed by atoms with Gasteiger partial charge in [-0.25, -0.2) is 0 Å². The molecular weight excluding hydrogens is 241 g/mol. The van der Waals surface area contributed by atoms with E-state index in [1.165, 1.54) is 13.2 Å².